The van der Waals surface area contributed by atoms with Gasteiger partial charge in [-0.15, -0.1) is 0 Å². The Kier molecular flexibility index (Phi) is 9.37. The number of aryl methyl sites for hydroxylation is 1. The average Bonchev–Trinajstić information content (AvgIpc) is 3.94. The minimum absolute atomic E-state index is 0.0240. The van der Waals surface area contributed by atoms with E-state index in [-0.39, 0.29) is 70.3 Å². The largest absolute Gasteiger partial charge is 0.506 e. The second-order valence-corrected chi connectivity index (χ2v) is 22.0. The molecule has 0 amide bonds. The predicted molar refractivity (Wildman–Crippen MR) is 230 cm³/mol. The molecule has 344 valence electrons. The van der Waals surface area contributed by atoms with Gasteiger partial charge in [0.05, 0.1) is 35.3 Å². The highest BCUT2D eigenvalue weighted by Crippen LogP contribution is 2.75. The summed E-state index contributed by atoms with van der Waals surface area (Å²) in [5.74, 6) is -2.04. The number of allylic oxidation sites excluding steroid dienone is 1. The zero-order valence-corrected chi connectivity index (χ0v) is 36.7. The number of rotatable bonds is 7. The molecule has 14 nitrogen and oxygen atoms in total. The monoisotopic (exact) mass is 882 g/mol. The fraction of sp³-hybridized carbons (Fsp3) is 0.680. The molecule has 2 aromatic rings. The Morgan fingerprint density at radius 1 is 1.03 bits per heavy atom. The summed E-state index contributed by atoms with van der Waals surface area (Å²) >= 11 is 0. The standard InChI is InChI=1S/C50H62N2O12/c1-24-14-26-15-27(44(59)60)16-34(37(26)39(56)36(24)25(2)54)62-45-40(57)42(58)50-18-31-38-29(33(64-50)9-8-32(55)43(50)63-45)6-7-30(38)48(12-5-13-53)23-61-20-28-17-47-21-46(10-3-4-11-46)19-35(47)51-52-49(31,22-47)41(28)48/h7,14-16,28,31-33,35,40-43,45,51-53,55-58H,3-6,8-13,17-23H2,1-2H3,(H,59,60). The van der Waals surface area contributed by atoms with Gasteiger partial charge < -0.3 is 49.6 Å². The molecule has 4 saturated carbocycles. The summed E-state index contributed by atoms with van der Waals surface area (Å²) < 4.78 is 27.2. The number of benzene rings is 2. The van der Waals surface area contributed by atoms with Crippen LogP contribution in [0.5, 0.6) is 11.5 Å². The number of aromatic hydroxyl groups is 1. The van der Waals surface area contributed by atoms with Crippen LogP contribution in [0.15, 0.2) is 41.0 Å². The van der Waals surface area contributed by atoms with Crippen molar-refractivity contribution in [3.63, 3.8) is 0 Å². The number of fused-ring (bicyclic) bond motifs is 4. The summed E-state index contributed by atoms with van der Waals surface area (Å²) in [5, 5.41) is 69.9. The van der Waals surface area contributed by atoms with Gasteiger partial charge in [-0.25, -0.2) is 4.79 Å². The molecule has 14 heteroatoms. The zero-order valence-electron chi connectivity index (χ0n) is 36.7. The first-order valence-electron chi connectivity index (χ1n) is 23.9. The zero-order chi connectivity index (χ0) is 44.3. The molecule has 12 rings (SSSR count). The number of phenols is 1. The second kappa shape index (κ2) is 14.3. The van der Waals surface area contributed by atoms with E-state index < -0.39 is 65.5 Å². The van der Waals surface area contributed by atoms with Crippen molar-refractivity contribution in [3.8, 4) is 11.5 Å². The summed E-state index contributed by atoms with van der Waals surface area (Å²) in [6.07, 6.45) is 7.04. The number of hydrogen-bond acceptors (Lipinski definition) is 13. The average molecular weight is 883 g/mol. The lowest BCUT2D eigenvalue weighted by molar-refractivity contribution is -0.337. The van der Waals surface area contributed by atoms with Crippen molar-refractivity contribution in [2.45, 2.75) is 158 Å². The van der Waals surface area contributed by atoms with Crippen LogP contribution in [0.3, 0.4) is 0 Å². The Balaban J connectivity index is 0.979. The maximum absolute atomic E-state index is 12.9. The topological polar surface area (TPSA) is 216 Å². The first-order valence-corrected chi connectivity index (χ1v) is 23.9. The van der Waals surface area contributed by atoms with E-state index in [0.29, 0.717) is 54.9 Å². The van der Waals surface area contributed by atoms with E-state index >= 15 is 0 Å². The van der Waals surface area contributed by atoms with Crippen LogP contribution < -0.4 is 15.6 Å². The maximum atomic E-state index is 12.9. The van der Waals surface area contributed by atoms with Crippen LogP contribution in [0.1, 0.15) is 123 Å². The van der Waals surface area contributed by atoms with E-state index in [2.05, 4.69) is 16.9 Å². The van der Waals surface area contributed by atoms with Crippen LogP contribution in [0.2, 0.25) is 0 Å². The van der Waals surface area contributed by atoms with Crippen molar-refractivity contribution in [3.05, 3.63) is 57.7 Å². The summed E-state index contributed by atoms with van der Waals surface area (Å²) in [5.41, 5.74) is 10.0. The van der Waals surface area contributed by atoms with Crippen LogP contribution in [0, 0.1) is 40.9 Å². The van der Waals surface area contributed by atoms with Gasteiger partial charge in [0.2, 0.25) is 6.29 Å². The van der Waals surface area contributed by atoms with Crippen molar-refractivity contribution in [1.82, 2.24) is 10.9 Å². The number of aliphatic hydroxyl groups excluding tert-OH is 4. The quantitative estimate of drug-likeness (QED) is 0.174. The number of carbonyl (C=O) groups excluding carboxylic acids is 1. The molecule has 0 aromatic heterocycles. The molecule has 4 saturated heterocycles. The van der Waals surface area contributed by atoms with Gasteiger partial charge >= 0.3 is 5.97 Å². The van der Waals surface area contributed by atoms with Crippen LogP contribution >= 0.6 is 0 Å². The molecule has 8 fully saturated rings. The first kappa shape index (κ1) is 42.0. The fourth-order valence-corrected chi connectivity index (χ4v) is 16.9. The number of carboxylic acid groups (broad SMARTS) is 1. The Morgan fingerprint density at radius 3 is 2.61 bits per heavy atom. The van der Waals surface area contributed by atoms with Gasteiger partial charge in [-0.3, -0.25) is 15.6 Å². The fourth-order valence-electron chi connectivity index (χ4n) is 16.9. The molecule has 14 atom stereocenters. The molecular weight excluding hydrogens is 821 g/mol. The number of hydrogen-bond donors (Lipinski definition) is 8. The third kappa shape index (κ3) is 5.52. The molecular formula is C50H62N2O12. The van der Waals surface area contributed by atoms with Gasteiger partial charge in [0, 0.05) is 36.1 Å². The molecule has 10 aliphatic rings. The van der Waals surface area contributed by atoms with Gasteiger partial charge in [0.15, 0.2) is 5.78 Å². The van der Waals surface area contributed by atoms with Gasteiger partial charge in [-0.1, -0.05) is 25.0 Å². The third-order valence-corrected chi connectivity index (χ3v) is 18.8. The summed E-state index contributed by atoms with van der Waals surface area (Å²) in [6, 6.07) is 4.50. The van der Waals surface area contributed by atoms with Crippen molar-refractivity contribution >= 4 is 22.5 Å². The highest BCUT2D eigenvalue weighted by Gasteiger charge is 2.76. The number of carboxylic acids is 1. The number of nitrogens with one attached hydrogen (secondary N) is 2. The second-order valence-electron chi connectivity index (χ2n) is 22.0. The number of aromatic carboxylic acids is 1. The van der Waals surface area contributed by atoms with Gasteiger partial charge in [0.25, 0.3) is 0 Å². The van der Waals surface area contributed by atoms with Crippen molar-refractivity contribution in [1.29, 1.82) is 0 Å². The molecule has 5 heterocycles. The summed E-state index contributed by atoms with van der Waals surface area (Å²) in [7, 11) is 0. The minimum atomic E-state index is -1.74. The van der Waals surface area contributed by atoms with E-state index in [9.17, 15) is 40.2 Å². The van der Waals surface area contributed by atoms with E-state index in [4.69, 9.17) is 18.9 Å². The Bertz CT molecular complexity index is 2410. The molecule has 64 heavy (non-hydrogen) atoms. The number of ketones is 1. The predicted octanol–water partition coefficient (Wildman–Crippen LogP) is 4.89. The smallest absolute Gasteiger partial charge is 0.335 e. The van der Waals surface area contributed by atoms with E-state index in [0.717, 1.165) is 31.3 Å². The number of phenolic OH excluding ortho intramolecular Hbond substituents is 1. The summed E-state index contributed by atoms with van der Waals surface area (Å²) in [6.45, 7) is 4.29. The molecule has 5 aliphatic carbocycles. The number of hydrazine groups is 1. The highest BCUT2D eigenvalue weighted by atomic mass is 16.7. The van der Waals surface area contributed by atoms with Gasteiger partial charge in [-0.05, 0) is 153 Å². The van der Waals surface area contributed by atoms with Crippen LogP contribution in [0.4, 0.5) is 0 Å². The van der Waals surface area contributed by atoms with E-state index in [1.54, 1.807) is 13.0 Å². The van der Waals surface area contributed by atoms with Crippen molar-refractivity contribution in [2.24, 2.45) is 34.0 Å². The molecule has 5 aliphatic heterocycles. The molecule has 4 spiro atoms. The van der Waals surface area contributed by atoms with E-state index in [1.165, 1.54) is 62.3 Å². The van der Waals surface area contributed by atoms with Crippen molar-refractivity contribution in [2.75, 3.05) is 19.8 Å². The lowest BCUT2D eigenvalue weighted by atomic mass is 9.39. The maximum Gasteiger partial charge on any atom is 0.335 e. The van der Waals surface area contributed by atoms with Crippen molar-refractivity contribution < 1.29 is 59.2 Å². The lowest BCUT2D eigenvalue weighted by Crippen LogP contribution is -2.81. The van der Waals surface area contributed by atoms with Crippen LogP contribution in [-0.4, -0.2) is 116 Å². The molecule has 4 bridgehead atoms. The first-order chi connectivity index (χ1) is 30.7. The molecule has 2 aromatic carbocycles. The Hall–Kier alpha value is -3.44. The van der Waals surface area contributed by atoms with Crippen LogP contribution in [0.25, 0.3) is 10.8 Å². The molecule has 8 N–H and O–H groups in total. The molecule has 0 radical (unpaired) electrons. The van der Waals surface area contributed by atoms with Gasteiger partial charge in [0.1, 0.15) is 35.4 Å². The Morgan fingerprint density at radius 2 is 1.84 bits per heavy atom. The summed E-state index contributed by atoms with van der Waals surface area (Å²) in [4.78, 5) is 25.1. The number of Topliss-reactive ketones (excluding diaryl/α,β-unsaturated/α-hetero) is 1. The minimum Gasteiger partial charge on any atom is -0.506 e. The number of aliphatic hydroxyl groups is 4. The lowest BCUT2D eigenvalue weighted by Gasteiger charge is -2.72. The van der Waals surface area contributed by atoms with Crippen LogP contribution in [-0.2, 0) is 14.2 Å². The molecule has 14 unspecified atom stereocenters. The highest BCUT2D eigenvalue weighted by molar-refractivity contribution is 6.08. The number of ether oxygens (including phenoxy) is 4. The third-order valence-electron chi connectivity index (χ3n) is 18.8. The Labute approximate surface area is 372 Å². The van der Waals surface area contributed by atoms with Gasteiger partial charge in [-0.2, -0.15) is 0 Å². The van der Waals surface area contributed by atoms with E-state index in [1.807, 2.05) is 0 Å². The normalized spacial score (nSPS) is 43.4. The SMILES string of the molecule is CC(=O)c1c(C)cc2cc(C(=O)O)cc(OC3OC4C(O)CCC5OC4(CC4C6=C5CC=C6C5(CCCO)COCC6CC78CC9(CCCC9)CC7NNC4(C8)C65)C(O)C3O)c2c1O. The number of carbonyl (C=O) groups is 2.